The summed E-state index contributed by atoms with van der Waals surface area (Å²) in [5.74, 6) is -0.00904. The average Bonchev–Trinajstić information content (AvgIpc) is 2.71. The number of methoxy groups -OCH3 is 1. The Morgan fingerprint density at radius 3 is 2.71 bits per heavy atom. The van der Waals surface area contributed by atoms with Crippen LogP contribution in [0.4, 0.5) is 0 Å². The Morgan fingerprint density at radius 2 is 2.18 bits per heavy atom. The molecule has 1 rings (SSSR count). The number of carboxylic acids is 1. The zero-order valence-electron chi connectivity index (χ0n) is 11.1. The molecule has 0 amide bonds. The minimum absolute atomic E-state index is 0.155. The van der Waals surface area contributed by atoms with Crippen molar-refractivity contribution in [2.75, 3.05) is 20.3 Å². The molecule has 0 aromatic carbocycles. The molecule has 0 spiro atoms. The zero-order chi connectivity index (χ0) is 12.8. The summed E-state index contributed by atoms with van der Waals surface area (Å²) in [6.45, 7) is 5.78. The molecule has 17 heavy (non-hydrogen) atoms. The molecular weight excluding hydrogens is 218 g/mol. The van der Waals surface area contributed by atoms with Crippen LogP contribution in [0.3, 0.4) is 0 Å². The fraction of sp³-hybridized carbons (Fsp3) is 0.923. The van der Waals surface area contributed by atoms with Gasteiger partial charge >= 0.3 is 5.97 Å². The van der Waals surface area contributed by atoms with Gasteiger partial charge in [-0.05, 0) is 31.2 Å². The van der Waals surface area contributed by atoms with Crippen molar-refractivity contribution in [3.05, 3.63) is 0 Å². The minimum atomic E-state index is -0.637. The number of rotatable bonds is 7. The van der Waals surface area contributed by atoms with Gasteiger partial charge in [-0.15, -0.1) is 0 Å². The van der Waals surface area contributed by atoms with Crippen LogP contribution in [0.2, 0.25) is 0 Å². The van der Waals surface area contributed by atoms with Gasteiger partial charge in [0.2, 0.25) is 0 Å². The van der Waals surface area contributed by atoms with E-state index in [9.17, 15) is 4.79 Å². The van der Waals surface area contributed by atoms with Gasteiger partial charge in [-0.25, -0.2) is 0 Å². The highest BCUT2D eigenvalue weighted by Crippen LogP contribution is 2.31. The highest BCUT2D eigenvalue weighted by molar-refractivity contribution is 5.70. The van der Waals surface area contributed by atoms with Crippen LogP contribution in [-0.2, 0) is 9.53 Å². The van der Waals surface area contributed by atoms with E-state index in [0.29, 0.717) is 18.6 Å². The smallest absolute Gasteiger partial charge is 0.306 e. The second-order valence-corrected chi connectivity index (χ2v) is 5.35. The molecular formula is C13H25NO3. The fourth-order valence-electron chi connectivity index (χ4n) is 2.58. The topological polar surface area (TPSA) is 58.6 Å². The van der Waals surface area contributed by atoms with Crippen molar-refractivity contribution in [3.8, 4) is 0 Å². The lowest BCUT2D eigenvalue weighted by atomic mass is 9.95. The number of hydrogen-bond acceptors (Lipinski definition) is 3. The molecule has 1 fully saturated rings. The predicted molar refractivity (Wildman–Crippen MR) is 67.0 cm³/mol. The molecule has 2 N–H and O–H groups in total. The van der Waals surface area contributed by atoms with Crippen LogP contribution in [0.25, 0.3) is 0 Å². The lowest BCUT2D eigenvalue weighted by Crippen LogP contribution is -2.41. The molecule has 3 unspecified atom stereocenters. The molecule has 4 heteroatoms. The molecule has 0 bridgehead atoms. The van der Waals surface area contributed by atoms with Crippen LogP contribution in [0.15, 0.2) is 0 Å². The molecule has 0 aromatic rings. The molecule has 1 aliphatic carbocycles. The van der Waals surface area contributed by atoms with E-state index in [0.717, 1.165) is 25.8 Å². The van der Waals surface area contributed by atoms with E-state index >= 15 is 0 Å². The number of ether oxygens (including phenoxy) is 1. The Balaban J connectivity index is 2.40. The normalized spacial score (nSPS) is 26.4. The summed E-state index contributed by atoms with van der Waals surface area (Å²) in [7, 11) is 1.70. The van der Waals surface area contributed by atoms with Crippen molar-refractivity contribution in [2.45, 2.75) is 39.2 Å². The lowest BCUT2D eigenvalue weighted by molar-refractivity contribution is -0.142. The van der Waals surface area contributed by atoms with Gasteiger partial charge in [0, 0.05) is 13.2 Å². The summed E-state index contributed by atoms with van der Waals surface area (Å²) in [6, 6.07) is 0.315. The quantitative estimate of drug-likeness (QED) is 0.715. The van der Waals surface area contributed by atoms with E-state index in [2.05, 4.69) is 19.2 Å². The molecule has 0 radical (unpaired) electrons. The summed E-state index contributed by atoms with van der Waals surface area (Å²) >= 11 is 0. The first-order valence-corrected chi connectivity index (χ1v) is 6.51. The number of carboxylic acid groups (broad SMARTS) is 1. The summed E-state index contributed by atoms with van der Waals surface area (Å²) in [6.07, 6.45) is 2.90. The van der Waals surface area contributed by atoms with Crippen molar-refractivity contribution < 1.29 is 14.6 Å². The molecule has 0 aromatic heterocycles. The maximum absolute atomic E-state index is 11.1. The van der Waals surface area contributed by atoms with Gasteiger partial charge in [0.1, 0.15) is 0 Å². The van der Waals surface area contributed by atoms with Gasteiger partial charge in [0.05, 0.1) is 12.5 Å². The van der Waals surface area contributed by atoms with Gasteiger partial charge in [-0.1, -0.05) is 20.3 Å². The first-order valence-electron chi connectivity index (χ1n) is 6.51. The SMILES string of the molecule is COCC(NCC1CCCC1C(=O)O)C(C)C. The van der Waals surface area contributed by atoms with Gasteiger partial charge in [-0.2, -0.15) is 0 Å². The van der Waals surface area contributed by atoms with E-state index in [4.69, 9.17) is 9.84 Å². The molecule has 0 heterocycles. The maximum Gasteiger partial charge on any atom is 0.306 e. The third-order valence-corrected chi connectivity index (χ3v) is 3.77. The Bertz CT molecular complexity index is 243. The second kappa shape index (κ2) is 6.97. The Kier molecular flexibility index (Phi) is 5.92. The summed E-state index contributed by atoms with van der Waals surface area (Å²) in [5, 5.41) is 12.6. The van der Waals surface area contributed by atoms with Crippen molar-refractivity contribution in [3.63, 3.8) is 0 Å². The van der Waals surface area contributed by atoms with E-state index in [1.165, 1.54) is 0 Å². The minimum Gasteiger partial charge on any atom is -0.481 e. The second-order valence-electron chi connectivity index (χ2n) is 5.35. The first kappa shape index (κ1) is 14.5. The van der Waals surface area contributed by atoms with Crippen molar-refractivity contribution in [2.24, 2.45) is 17.8 Å². The third-order valence-electron chi connectivity index (χ3n) is 3.77. The maximum atomic E-state index is 11.1. The first-order chi connectivity index (χ1) is 8.06. The van der Waals surface area contributed by atoms with E-state index < -0.39 is 5.97 Å². The van der Waals surface area contributed by atoms with Gasteiger partial charge in [-0.3, -0.25) is 4.79 Å². The molecule has 0 saturated heterocycles. The molecule has 0 aliphatic heterocycles. The van der Waals surface area contributed by atoms with Gasteiger partial charge < -0.3 is 15.2 Å². The van der Waals surface area contributed by atoms with Crippen LogP contribution < -0.4 is 5.32 Å². The molecule has 100 valence electrons. The van der Waals surface area contributed by atoms with E-state index in [-0.39, 0.29) is 11.8 Å². The van der Waals surface area contributed by atoms with Crippen LogP contribution in [0.1, 0.15) is 33.1 Å². The summed E-state index contributed by atoms with van der Waals surface area (Å²) < 4.78 is 5.18. The van der Waals surface area contributed by atoms with Crippen LogP contribution in [-0.4, -0.2) is 37.4 Å². The Morgan fingerprint density at radius 1 is 1.47 bits per heavy atom. The van der Waals surface area contributed by atoms with Crippen molar-refractivity contribution >= 4 is 5.97 Å². The average molecular weight is 243 g/mol. The Hall–Kier alpha value is -0.610. The van der Waals surface area contributed by atoms with Crippen LogP contribution in [0, 0.1) is 17.8 Å². The zero-order valence-corrected chi connectivity index (χ0v) is 11.1. The predicted octanol–water partition coefficient (Wildman–Crippen LogP) is 1.75. The number of aliphatic carboxylic acids is 1. The van der Waals surface area contributed by atoms with E-state index in [1.807, 2.05) is 0 Å². The summed E-state index contributed by atoms with van der Waals surface area (Å²) in [4.78, 5) is 11.1. The number of hydrogen-bond donors (Lipinski definition) is 2. The van der Waals surface area contributed by atoms with Crippen LogP contribution >= 0.6 is 0 Å². The standard InChI is InChI=1S/C13H25NO3/c1-9(2)12(8-17-3)14-7-10-5-4-6-11(10)13(15)16/h9-12,14H,4-8H2,1-3H3,(H,15,16). The van der Waals surface area contributed by atoms with Crippen molar-refractivity contribution in [1.29, 1.82) is 0 Å². The van der Waals surface area contributed by atoms with Crippen LogP contribution in [0.5, 0.6) is 0 Å². The molecule has 3 atom stereocenters. The third kappa shape index (κ3) is 4.28. The number of carbonyl (C=O) groups is 1. The fourth-order valence-corrected chi connectivity index (χ4v) is 2.58. The largest absolute Gasteiger partial charge is 0.481 e. The highest BCUT2D eigenvalue weighted by Gasteiger charge is 2.33. The molecule has 1 aliphatic rings. The Labute approximate surface area is 104 Å². The highest BCUT2D eigenvalue weighted by atomic mass is 16.5. The van der Waals surface area contributed by atoms with Gasteiger partial charge in [0.25, 0.3) is 0 Å². The lowest BCUT2D eigenvalue weighted by Gasteiger charge is -2.25. The van der Waals surface area contributed by atoms with Crippen molar-refractivity contribution in [1.82, 2.24) is 5.32 Å². The summed E-state index contributed by atoms with van der Waals surface area (Å²) in [5.41, 5.74) is 0. The van der Waals surface area contributed by atoms with Gasteiger partial charge in [0.15, 0.2) is 0 Å². The molecule has 1 saturated carbocycles. The number of nitrogens with one attached hydrogen (secondary N) is 1. The monoisotopic (exact) mass is 243 g/mol. The van der Waals surface area contributed by atoms with E-state index in [1.54, 1.807) is 7.11 Å². The molecule has 4 nitrogen and oxygen atoms in total.